The van der Waals surface area contributed by atoms with E-state index in [2.05, 4.69) is 10.3 Å². The number of carbonyl (C=O) groups is 1. The highest BCUT2D eigenvalue weighted by Gasteiger charge is 2.28. The fourth-order valence-corrected chi connectivity index (χ4v) is 3.58. The van der Waals surface area contributed by atoms with Gasteiger partial charge in [-0.15, -0.1) is 0 Å². The van der Waals surface area contributed by atoms with Crippen molar-refractivity contribution in [1.29, 1.82) is 0 Å². The van der Waals surface area contributed by atoms with Crippen LogP contribution in [0.1, 0.15) is 54.4 Å². The van der Waals surface area contributed by atoms with E-state index in [1.54, 1.807) is 6.20 Å². The SMILES string of the molecule is Cc1c(C(=O)NCC2(O)CCCCCC2)cccc1-c1ccccn1. The highest BCUT2D eigenvalue weighted by Crippen LogP contribution is 2.27. The van der Waals surface area contributed by atoms with E-state index in [1.165, 1.54) is 12.8 Å². The molecule has 0 aliphatic heterocycles. The van der Waals surface area contributed by atoms with Crippen molar-refractivity contribution < 1.29 is 9.90 Å². The van der Waals surface area contributed by atoms with Crippen molar-refractivity contribution in [3.05, 3.63) is 53.7 Å². The summed E-state index contributed by atoms with van der Waals surface area (Å²) in [5.41, 5.74) is 2.60. The summed E-state index contributed by atoms with van der Waals surface area (Å²) in [7, 11) is 0. The minimum absolute atomic E-state index is 0.132. The van der Waals surface area contributed by atoms with Gasteiger partial charge in [0.05, 0.1) is 11.3 Å². The first-order valence-corrected chi connectivity index (χ1v) is 9.11. The smallest absolute Gasteiger partial charge is 0.251 e. The normalized spacial score (nSPS) is 16.9. The van der Waals surface area contributed by atoms with Crippen molar-refractivity contribution in [3.8, 4) is 11.3 Å². The van der Waals surface area contributed by atoms with Crippen LogP contribution in [0.15, 0.2) is 42.6 Å². The molecule has 1 fully saturated rings. The number of hydrogen-bond donors (Lipinski definition) is 2. The number of aliphatic hydroxyl groups is 1. The van der Waals surface area contributed by atoms with Gasteiger partial charge in [0.25, 0.3) is 5.91 Å². The molecule has 4 nitrogen and oxygen atoms in total. The fourth-order valence-electron chi connectivity index (χ4n) is 3.58. The van der Waals surface area contributed by atoms with Crippen LogP contribution in [0.4, 0.5) is 0 Å². The first-order valence-electron chi connectivity index (χ1n) is 9.11. The Kier molecular flexibility index (Phi) is 5.49. The molecule has 4 heteroatoms. The van der Waals surface area contributed by atoms with E-state index in [1.807, 2.05) is 43.3 Å². The average molecular weight is 338 g/mol. The van der Waals surface area contributed by atoms with E-state index in [9.17, 15) is 9.90 Å². The van der Waals surface area contributed by atoms with E-state index in [4.69, 9.17) is 0 Å². The van der Waals surface area contributed by atoms with Crippen LogP contribution in [0.2, 0.25) is 0 Å². The summed E-state index contributed by atoms with van der Waals surface area (Å²) < 4.78 is 0. The van der Waals surface area contributed by atoms with Crippen LogP contribution in [-0.4, -0.2) is 28.1 Å². The van der Waals surface area contributed by atoms with Gasteiger partial charge in [-0.05, 0) is 43.5 Å². The van der Waals surface area contributed by atoms with Crippen molar-refractivity contribution in [1.82, 2.24) is 10.3 Å². The predicted molar refractivity (Wildman–Crippen MR) is 99.4 cm³/mol. The van der Waals surface area contributed by atoms with Crippen LogP contribution in [0.3, 0.4) is 0 Å². The van der Waals surface area contributed by atoms with Gasteiger partial charge in [0.1, 0.15) is 0 Å². The van der Waals surface area contributed by atoms with Crippen LogP contribution in [0.25, 0.3) is 11.3 Å². The largest absolute Gasteiger partial charge is 0.388 e. The van der Waals surface area contributed by atoms with Gasteiger partial charge in [0.2, 0.25) is 0 Å². The number of carbonyl (C=O) groups excluding carboxylic acids is 1. The number of benzene rings is 1. The summed E-state index contributed by atoms with van der Waals surface area (Å²) in [6.45, 7) is 2.26. The van der Waals surface area contributed by atoms with Crippen LogP contribution in [0.5, 0.6) is 0 Å². The molecule has 0 saturated heterocycles. The lowest BCUT2D eigenvalue weighted by molar-refractivity contribution is 0.0246. The third kappa shape index (κ3) is 4.26. The molecule has 0 atom stereocenters. The molecule has 132 valence electrons. The minimum Gasteiger partial charge on any atom is -0.388 e. The topological polar surface area (TPSA) is 62.2 Å². The standard InChI is InChI=1S/C21H26N2O2/c1-16-17(19-11-4-7-14-22-19)9-8-10-18(16)20(24)23-15-21(25)12-5-2-3-6-13-21/h4,7-11,14,25H,2-3,5-6,12-13,15H2,1H3,(H,23,24). The quantitative estimate of drug-likeness (QED) is 0.832. The van der Waals surface area contributed by atoms with E-state index >= 15 is 0 Å². The van der Waals surface area contributed by atoms with Crippen molar-refractivity contribution in [3.63, 3.8) is 0 Å². The van der Waals surface area contributed by atoms with Crippen LogP contribution >= 0.6 is 0 Å². The zero-order valence-corrected chi connectivity index (χ0v) is 14.8. The molecule has 0 bridgehead atoms. The lowest BCUT2D eigenvalue weighted by Crippen LogP contribution is -2.42. The zero-order chi connectivity index (χ0) is 17.7. The Morgan fingerprint density at radius 1 is 1.12 bits per heavy atom. The summed E-state index contributed by atoms with van der Waals surface area (Å²) >= 11 is 0. The highest BCUT2D eigenvalue weighted by atomic mass is 16.3. The van der Waals surface area contributed by atoms with E-state index < -0.39 is 5.60 Å². The van der Waals surface area contributed by atoms with Gasteiger partial charge in [-0.1, -0.05) is 43.9 Å². The summed E-state index contributed by atoms with van der Waals surface area (Å²) in [5.74, 6) is -0.132. The average Bonchev–Trinajstić information content (AvgIpc) is 2.86. The second-order valence-corrected chi connectivity index (χ2v) is 7.01. The number of nitrogens with zero attached hydrogens (tertiary/aromatic N) is 1. The number of aromatic nitrogens is 1. The second-order valence-electron chi connectivity index (χ2n) is 7.01. The summed E-state index contributed by atoms with van der Waals surface area (Å²) in [4.78, 5) is 17.1. The molecule has 1 heterocycles. The molecule has 0 radical (unpaired) electrons. The lowest BCUT2D eigenvalue weighted by atomic mass is 9.94. The Hall–Kier alpha value is -2.20. The van der Waals surface area contributed by atoms with Gasteiger partial charge < -0.3 is 10.4 Å². The van der Waals surface area contributed by atoms with E-state index in [-0.39, 0.29) is 5.91 Å². The monoisotopic (exact) mass is 338 g/mol. The number of nitrogens with one attached hydrogen (secondary N) is 1. The lowest BCUT2D eigenvalue weighted by Gasteiger charge is -2.27. The van der Waals surface area contributed by atoms with Crippen molar-refractivity contribution in [2.45, 2.75) is 51.0 Å². The molecule has 0 spiro atoms. The molecular formula is C21H26N2O2. The zero-order valence-electron chi connectivity index (χ0n) is 14.8. The maximum absolute atomic E-state index is 12.7. The molecular weight excluding hydrogens is 312 g/mol. The van der Waals surface area contributed by atoms with Gasteiger partial charge in [-0.25, -0.2) is 0 Å². The number of rotatable bonds is 4. The minimum atomic E-state index is -0.765. The molecule has 1 saturated carbocycles. The van der Waals surface area contributed by atoms with E-state index in [0.29, 0.717) is 12.1 Å². The predicted octanol–water partition coefficient (Wildman–Crippen LogP) is 3.87. The van der Waals surface area contributed by atoms with Gasteiger partial charge in [-0.3, -0.25) is 9.78 Å². The van der Waals surface area contributed by atoms with Gasteiger partial charge in [-0.2, -0.15) is 0 Å². The molecule has 25 heavy (non-hydrogen) atoms. The van der Waals surface area contributed by atoms with Crippen molar-refractivity contribution in [2.75, 3.05) is 6.54 Å². The molecule has 1 aromatic carbocycles. The van der Waals surface area contributed by atoms with Gasteiger partial charge >= 0.3 is 0 Å². The summed E-state index contributed by atoms with van der Waals surface area (Å²) in [6, 6.07) is 11.4. The Morgan fingerprint density at radius 2 is 1.88 bits per heavy atom. The summed E-state index contributed by atoms with van der Waals surface area (Å²) in [6.07, 6.45) is 7.67. The van der Waals surface area contributed by atoms with Gasteiger partial charge in [0.15, 0.2) is 0 Å². The number of pyridine rings is 1. The third-order valence-electron chi connectivity index (χ3n) is 5.13. The second kappa shape index (κ2) is 7.79. The highest BCUT2D eigenvalue weighted by molar-refractivity contribution is 5.97. The third-order valence-corrected chi connectivity index (χ3v) is 5.13. The van der Waals surface area contributed by atoms with Crippen LogP contribution in [-0.2, 0) is 0 Å². The fraction of sp³-hybridized carbons (Fsp3) is 0.429. The number of hydrogen-bond acceptors (Lipinski definition) is 3. The number of amides is 1. The summed E-state index contributed by atoms with van der Waals surface area (Å²) in [5, 5.41) is 13.7. The van der Waals surface area contributed by atoms with Crippen molar-refractivity contribution >= 4 is 5.91 Å². The van der Waals surface area contributed by atoms with Crippen molar-refractivity contribution in [2.24, 2.45) is 0 Å². The molecule has 1 aliphatic carbocycles. The maximum atomic E-state index is 12.7. The molecule has 3 rings (SSSR count). The molecule has 2 aromatic rings. The maximum Gasteiger partial charge on any atom is 0.251 e. The Labute approximate surface area is 149 Å². The first-order chi connectivity index (χ1) is 12.1. The van der Waals surface area contributed by atoms with Crippen LogP contribution in [0, 0.1) is 6.92 Å². The van der Waals surface area contributed by atoms with E-state index in [0.717, 1.165) is 42.5 Å². The molecule has 2 N–H and O–H groups in total. The Balaban J connectivity index is 1.74. The van der Waals surface area contributed by atoms with Gasteiger partial charge in [0, 0.05) is 23.9 Å². The Morgan fingerprint density at radius 3 is 2.56 bits per heavy atom. The first kappa shape index (κ1) is 17.6. The van der Waals surface area contributed by atoms with Crippen LogP contribution < -0.4 is 5.32 Å². The Bertz CT molecular complexity index is 720. The molecule has 1 aliphatic rings. The molecule has 1 aromatic heterocycles. The molecule has 0 unspecified atom stereocenters. The molecule has 1 amide bonds.